The maximum atomic E-state index is 12.3. The van der Waals surface area contributed by atoms with Gasteiger partial charge in [0.15, 0.2) is 5.82 Å². The third-order valence-corrected chi connectivity index (χ3v) is 6.27. The molecule has 7 nitrogen and oxygen atoms in total. The molecular formula is C22H28ClN5O2S. The van der Waals surface area contributed by atoms with Crippen molar-refractivity contribution >= 4 is 46.7 Å². The van der Waals surface area contributed by atoms with E-state index in [-0.39, 0.29) is 23.5 Å². The summed E-state index contributed by atoms with van der Waals surface area (Å²) in [6.07, 6.45) is 2.78. The van der Waals surface area contributed by atoms with Crippen molar-refractivity contribution in [3.05, 3.63) is 40.9 Å². The number of benzene rings is 1. The molecule has 0 aliphatic carbocycles. The van der Waals surface area contributed by atoms with E-state index in [1.165, 1.54) is 11.8 Å². The highest BCUT2D eigenvalue weighted by molar-refractivity contribution is 7.99. The Bertz CT molecular complexity index is 909. The molecule has 0 bridgehead atoms. The minimum absolute atomic E-state index is 0.0200. The topological polar surface area (TPSA) is 87.2 Å². The van der Waals surface area contributed by atoms with Crippen LogP contribution >= 0.6 is 23.4 Å². The fourth-order valence-electron chi connectivity index (χ4n) is 3.40. The first kappa shape index (κ1) is 23.3. The lowest BCUT2D eigenvalue weighted by atomic mass is 9.97. The summed E-state index contributed by atoms with van der Waals surface area (Å²) in [5, 5.41) is 15.5. The van der Waals surface area contributed by atoms with Gasteiger partial charge in [0.25, 0.3) is 0 Å². The van der Waals surface area contributed by atoms with Gasteiger partial charge in [0.2, 0.25) is 11.8 Å². The lowest BCUT2D eigenvalue weighted by Crippen LogP contribution is -2.43. The number of hydrogen-bond acceptors (Lipinski definition) is 6. The number of anilines is 2. The maximum Gasteiger partial charge on any atom is 0.234 e. The summed E-state index contributed by atoms with van der Waals surface area (Å²) >= 11 is 7.48. The minimum Gasteiger partial charge on any atom is -0.356 e. The molecule has 2 N–H and O–H groups in total. The molecule has 1 aliphatic rings. The first-order valence-corrected chi connectivity index (χ1v) is 11.9. The van der Waals surface area contributed by atoms with Crippen molar-refractivity contribution in [1.29, 1.82) is 0 Å². The summed E-state index contributed by atoms with van der Waals surface area (Å²) in [4.78, 5) is 26.6. The van der Waals surface area contributed by atoms with Crippen LogP contribution in [0.5, 0.6) is 0 Å². The monoisotopic (exact) mass is 461 g/mol. The summed E-state index contributed by atoms with van der Waals surface area (Å²) in [6, 6.07) is 9.27. The predicted molar refractivity (Wildman–Crippen MR) is 126 cm³/mol. The lowest BCUT2D eigenvalue weighted by Gasteiger charge is -2.32. The summed E-state index contributed by atoms with van der Waals surface area (Å²) in [5.41, 5.74) is 1.64. The van der Waals surface area contributed by atoms with Gasteiger partial charge in [0.05, 0.1) is 22.4 Å². The number of hydrogen-bond donors (Lipinski definition) is 2. The summed E-state index contributed by atoms with van der Waals surface area (Å²) < 4.78 is 0. The summed E-state index contributed by atoms with van der Waals surface area (Å²) in [7, 11) is 0. The fourth-order valence-corrected chi connectivity index (χ4v) is 4.29. The van der Waals surface area contributed by atoms with Crippen LogP contribution in [0.1, 0.15) is 31.7 Å². The SMILES string of the molecule is CCCNC(=O)[C@@H]1CCCN(c2ccc(SCC(=O)Nc3ccc(C)cc3Cl)nn2)C1. The summed E-state index contributed by atoms with van der Waals surface area (Å²) in [5.74, 6) is 0.911. The Morgan fingerprint density at radius 2 is 2.10 bits per heavy atom. The molecule has 1 aromatic heterocycles. The van der Waals surface area contributed by atoms with Crippen LogP contribution in [0.4, 0.5) is 11.5 Å². The molecule has 3 rings (SSSR count). The van der Waals surface area contributed by atoms with Crippen molar-refractivity contribution in [1.82, 2.24) is 15.5 Å². The van der Waals surface area contributed by atoms with Crippen LogP contribution in [-0.4, -0.2) is 47.4 Å². The second kappa shape index (κ2) is 11.3. The zero-order chi connectivity index (χ0) is 22.2. The van der Waals surface area contributed by atoms with Crippen LogP contribution in [0, 0.1) is 12.8 Å². The van der Waals surface area contributed by atoms with Gasteiger partial charge in [-0.2, -0.15) is 0 Å². The van der Waals surface area contributed by atoms with Crippen molar-refractivity contribution in [2.45, 2.75) is 38.1 Å². The highest BCUT2D eigenvalue weighted by Crippen LogP contribution is 2.25. The minimum atomic E-state index is -0.154. The highest BCUT2D eigenvalue weighted by atomic mass is 35.5. The number of nitrogens with zero attached hydrogens (tertiary/aromatic N) is 3. The Balaban J connectivity index is 1.50. The van der Waals surface area contributed by atoms with E-state index in [4.69, 9.17) is 11.6 Å². The smallest absolute Gasteiger partial charge is 0.234 e. The molecule has 0 saturated carbocycles. The van der Waals surface area contributed by atoms with Crippen molar-refractivity contribution in [3.8, 4) is 0 Å². The van der Waals surface area contributed by atoms with Crippen molar-refractivity contribution in [2.24, 2.45) is 5.92 Å². The summed E-state index contributed by atoms with van der Waals surface area (Å²) in [6.45, 7) is 6.21. The van der Waals surface area contributed by atoms with Gasteiger partial charge in [-0.1, -0.05) is 36.4 Å². The van der Waals surface area contributed by atoms with E-state index in [1.54, 1.807) is 6.07 Å². The van der Waals surface area contributed by atoms with Gasteiger partial charge >= 0.3 is 0 Å². The Morgan fingerprint density at radius 3 is 2.81 bits per heavy atom. The van der Waals surface area contributed by atoms with E-state index in [0.717, 1.165) is 37.2 Å². The molecule has 1 fully saturated rings. The molecular weight excluding hydrogens is 434 g/mol. The number of thioether (sulfide) groups is 1. The lowest BCUT2D eigenvalue weighted by molar-refractivity contribution is -0.125. The van der Waals surface area contributed by atoms with Crippen molar-refractivity contribution in [3.63, 3.8) is 0 Å². The van der Waals surface area contributed by atoms with E-state index in [9.17, 15) is 9.59 Å². The Morgan fingerprint density at radius 1 is 1.26 bits per heavy atom. The molecule has 0 spiro atoms. The zero-order valence-corrected chi connectivity index (χ0v) is 19.4. The van der Waals surface area contributed by atoms with Gasteiger partial charge in [0, 0.05) is 19.6 Å². The maximum absolute atomic E-state index is 12.3. The number of halogens is 1. The van der Waals surface area contributed by atoms with E-state index in [2.05, 4.69) is 25.7 Å². The van der Waals surface area contributed by atoms with E-state index in [1.807, 2.05) is 38.1 Å². The molecule has 1 atom stereocenters. The van der Waals surface area contributed by atoms with Crippen molar-refractivity contribution in [2.75, 3.05) is 35.6 Å². The first-order chi connectivity index (χ1) is 15.0. The van der Waals surface area contributed by atoms with Gasteiger partial charge in [-0.05, 0) is 56.0 Å². The van der Waals surface area contributed by atoms with Gasteiger partial charge in [-0.3, -0.25) is 9.59 Å². The largest absolute Gasteiger partial charge is 0.356 e. The van der Waals surface area contributed by atoms with Gasteiger partial charge < -0.3 is 15.5 Å². The highest BCUT2D eigenvalue weighted by Gasteiger charge is 2.26. The Hall–Kier alpha value is -2.32. The molecule has 166 valence electrons. The van der Waals surface area contributed by atoms with Crippen LogP contribution in [-0.2, 0) is 9.59 Å². The van der Waals surface area contributed by atoms with Gasteiger partial charge in [-0.25, -0.2) is 0 Å². The number of carbonyl (C=O) groups excluding carboxylic acids is 2. The zero-order valence-electron chi connectivity index (χ0n) is 17.9. The molecule has 0 unspecified atom stereocenters. The van der Waals surface area contributed by atoms with E-state index >= 15 is 0 Å². The second-order valence-corrected chi connectivity index (χ2v) is 9.03. The number of piperidine rings is 1. The van der Waals surface area contributed by atoms with Crippen LogP contribution in [0.25, 0.3) is 0 Å². The van der Waals surface area contributed by atoms with Crippen LogP contribution in [0.3, 0.4) is 0 Å². The third-order valence-electron chi connectivity index (χ3n) is 5.04. The molecule has 2 aromatic rings. The van der Waals surface area contributed by atoms with Gasteiger partial charge in [-0.15, -0.1) is 10.2 Å². The molecule has 31 heavy (non-hydrogen) atoms. The van der Waals surface area contributed by atoms with Crippen LogP contribution < -0.4 is 15.5 Å². The molecule has 9 heteroatoms. The fraction of sp³-hybridized carbons (Fsp3) is 0.455. The third kappa shape index (κ3) is 6.83. The standard InChI is InChI=1S/C22H28ClN5O2S/c1-3-10-24-22(30)16-5-4-11-28(13-16)19-8-9-21(27-26-19)31-14-20(29)25-18-7-6-15(2)12-17(18)23/h6-9,12,16H,3-5,10-11,13-14H2,1-2H3,(H,24,30)(H,25,29)/t16-/m1/s1. The first-order valence-electron chi connectivity index (χ1n) is 10.5. The molecule has 1 aromatic carbocycles. The predicted octanol–water partition coefficient (Wildman–Crippen LogP) is 3.91. The molecule has 2 amide bonds. The van der Waals surface area contributed by atoms with Crippen LogP contribution in [0.2, 0.25) is 5.02 Å². The Kier molecular flexibility index (Phi) is 8.54. The van der Waals surface area contributed by atoms with Gasteiger partial charge in [0.1, 0.15) is 5.03 Å². The quantitative estimate of drug-likeness (QED) is 0.579. The van der Waals surface area contributed by atoms with E-state index in [0.29, 0.717) is 28.8 Å². The number of amides is 2. The molecule has 1 saturated heterocycles. The average molecular weight is 462 g/mol. The van der Waals surface area contributed by atoms with E-state index < -0.39 is 0 Å². The average Bonchev–Trinajstić information content (AvgIpc) is 2.78. The molecule has 1 aliphatic heterocycles. The van der Waals surface area contributed by atoms with Crippen LogP contribution in [0.15, 0.2) is 35.4 Å². The Labute approximate surface area is 192 Å². The normalized spacial score (nSPS) is 16.1. The number of rotatable bonds is 8. The second-order valence-electron chi connectivity index (χ2n) is 7.63. The molecule has 2 heterocycles. The number of carbonyl (C=O) groups is 2. The van der Waals surface area contributed by atoms with Crippen molar-refractivity contribution < 1.29 is 9.59 Å². The number of nitrogens with one attached hydrogen (secondary N) is 2. The number of aromatic nitrogens is 2. The number of aryl methyl sites for hydroxylation is 1. The molecule has 0 radical (unpaired) electrons.